The highest BCUT2D eigenvalue weighted by molar-refractivity contribution is 5.84. The van der Waals surface area contributed by atoms with Crippen molar-refractivity contribution >= 4 is 11.9 Å². The standard InChI is InChI=1S/C6H12N2O4.C6H6O/c7-6(12)4(3-5(10)11)8-1-2-9;7-6-4-2-1-3-5-6/h4,8-9H,1-3H2,(H2,7,12)(H,10,11);1-5,7H. The molecule has 1 aromatic carbocycles. The first-order chi connectivity index (χ1) is 8.97. The molecule has 106 valence electrons. The number of primary amides is 1. The molecule has 1 unspecified atom stereocenters. The summed E-state index contributed by atoms with van der Waals surface area (Å²) in [5.74, 6) is -1.52. The number of hydrogen-bond acceptors (Lipinski definition) is 5. The zero-order valence-electron chi connectivity index (χ0n) is 10.3. The minimum atomic E-state index is -1.11. The van der Waals surface area contributed by atoms with Crippen LogP contribution in [0.15, 0.2) is 30.3 Å². The van der Waals surface area contributed by atoms with Crippen LogP contribution in [-0.4, -0.2) is 46.4 Å². The van der Waals surface area contributed by atoms with Crippen LogP contribution < -0.4 is 11.1 Å². The first kappa shape index (κ1) is 16.9. The Labute approximate surface area is 110 Å². The van der Waals surface area contributed by atoms with Crippen molar-refractivity contribution in [2.45, 2.75) is 12.5 Å². The number of aliphatic hydroxyl groups is 1. The second kappa shape index (κ2) is 9.86. The lowest BCUT2D eigenvalue weighted by Crippen LogP contribution is -2.43. The molecule has 0 heterocycles. The van der Waals surface area contributed by atoms with Gasteiger partial charge in [-0.15, -0.1) is 0 Å². The van der Waals surface area contributed by atoms with Crippen molar-refractivity contribution in [1.29, 1.82) is 0 Å². The Morgan fingerprint density at radius 2 is 1.84 bits per heavy atom. The number of nitrogens with one attached hydrogen (secondary N) is 1. The van der Waals surface area contributed by atoms with Crippen LogP contribution in [0.1, 0.15) is 6.42 Å². The van der Waals surface area contributed by atoms with E-state index < -0.39 is 17.9 Å². The number of aromatic hydroxyl groups is 1. The van der Waals surface area contributed by atoms with E-state index in [0.717, 1.165) is 0 Å². The minimum Gasteiger partial charge on any atom is -0.508 e. The number of carbonyl (C=O) groups excluding carboxylic acids is 1. The van der Waals surface area contributed by atoms with Gasteiger partial charge in [-0.05, 0) is 12.1 Å². The summed E-state index contributed by atoms with van der Waals surface area (Å²) in [7, 11) is 0. The summed E-state index contributed by atoms with van der Waals surface area (Å²) >= 11 is 0. The molecular formula is C12H18N2O5. The van der Waals surface area contributed by atoms with Gasteiger partial charge >= 0.3 is 5.97 Å². The third-order valence-corrected chi connectivity index (χ3v) is 1.98. The van der Waals surface area contributed by atoms with Gasteiger partial charge in [0.1, 0.15) is 5.75 Å². The van der Waals surface area contributed by atoms with E-state index in [0.29, 0.717) is 5.75 Å². The Kier molecular flexibility index (Phi) is 8.76. The van der Waals surface area contributed by atoms with Gasteiger partial charge in [0.25, 0.3) is 0 Å². The first-order valence-electron chi connectivity index (χ1n) is 5.56. The summed E-state index contributed by atoms with van der Waals surface area (Å²) in [6.07, 6.45) is -0.366. The predicted molar refractivity (Wildman–Crippen MR) is 68.4 cm³/mol. The van der Waals surface area contributed by atoms with Gasteiger partial charge in [0, 0.05) is 6.54 Å². The topological polar surface area (TPSA) is 133 Å². The van der Waals surface area contributed by atoms with Gasteiger partial charge in [0.2, 0.25) is 5.91 Å². The van der Waals surface area contributed by atoms with Gasteiger partial charge in [-0.25, -0.2) is 0 Å². The maximum absolute atomic E-state index is 10.6. The number of aliphatic hydroxyl groups excluding tert-OH is 1. The third kappa shape index (κ3) is 9.57. The maximum Gasteiger partial charge on any atom is 0.305 e. The summed E-state index contributed by atoms with van der Waals surface area (Å²) in [5, 5.41) is 27.8. The van der Waals surface area contributed by atoms with Crippen LogP contribution in [-0.2, 0) is 9.59 Å². The molecule has 0 fully saturated rings. The van der Waals surface area contributed by atoms with Gasteiger partial charge in [-0.1, -0.05) is 18.2 Å². The highest BCUT2D eigenvalue weighted by Crippen LogP contribution is 2.02. The quantitative estimate of drug-likeness (QED) is 0.463. The molecule has 6 N–H and O–H groups in total. The molecule has 0 aliphatic carbocycles. The summed E-state index contributed by atoms with van der Waals surface area (Å²) in [6.45, 7) is -0.00964. The molecule has 0 radical (unpaired) electrons. The molecule has 0 spiro atoms. The van der Waals surface area contributed by atoms with Crippen molar-refractivity contribution in [3.63, 3.8) is 0 Å². The molecule has 1 atom stereocenters. The zero-order chi connectivity index (χ0) is 14.7. The van der Waals surface area contributed by atoms with Crippen LogP contribution in [0.2, 0.25) is 0 Å². The summed E-state index contributed by atoms with van der Waals surface area (Å²) in [6, 6.07) is 7.80. The van der Waals surface area contributed by atoms with Crippen LogP contribution in [0.4, 0.5) is 0 Å². The van der Waals surface area contributed by atoms with Gasteiger partial charge < -0.3 is 26.4 Å². The van der Waals surface area contributed by atoms with Crippen molar-refractivity contribution in [2.24, 2.45) is 5.73 Å². The largest absolute Gasteiger partial charge is 0.508 e. The van der Waals surface area contributed by atoms with Crippen molar-refractivity contribution < 1.29 is 24.9 Å². The summed E-state index contributed by atoms with van der Waals surface area (Å²) in [4.78, 5) is 20.7. The van der Waals surface area contributed by atoms with E-state index in [1.54, 1.807) is 24.3 Å². The maximum atomic E-state index is 10.6. The van der Waals surface area contributed by atoms with Crippen molar-refractivity contribution in [1.82, 2.24) is 5.32 Å². The number of phenolic OH excluding ortho intramolecular Hbond substituents is 1. The lowest BCUT2D eigenvalue weighted by molar-refractivity contribution is -0.139. The number of aliphatic carboxylic acids is 1. The fourth-order valence-corrected chi connectivity index (χ4v) is 1.11. The third-order valence-electron chi connectivity index (χ3n) is 1.98. The van der Waals surface area contributed by atoms with E-state index in [2.05, 4.69) is 5.32 Å². The predicted octanol–water partition coefficient (Wildman–Crippen LogP) is -0.711. The highest BCUT2D eigenvalue weighted by Gasteiger charge is 2.17. The number of carboxylic acid groups (broad SMARTS) is 1. The minimum absolute atomic E-state index is 0.154. The molecule has 0 saturated heterocycles. The number of hydrogen-bond donors (Lipinski definition) is 5. The number of nitrogens with two attached hydrogens (primary N) is 1. The van der Waals surface area contributed by atoms with Crippen LogP contribution >= 0.6 is 0 Å². The number of rotatable bonds is 6. The fourth-order valence-electron chi connectivity index (χ4n) is 1.11. The average Bonchev–Trinajstić information content (AvgIpc) is 2.35. The lowest BCUT2D eigenvalue weighted by Gasteiger charge is -2.11. The second-order valence-corrected chi connectivity index (χ2v) is 3.57. The SMILES string of the molecule is NC(=O)C(CC(=O)O)NCCO.Oc1ccccc1. The summed E-state index contributed by atoms with van der Waals surface area (Å²) < 4.78 is 0. The molecule has 0 aromatic heterocycles. The highest BCUT2D eigenvalue weighted by atomic mass is 16.4. The molecule has 1 amide bonds. The molecular weight excluding hydrogens is 252 g/mol. The molecule has 19 heavy (non-hydrogen) atoms. The van der Waals surface area contributed by atoms with Gasteiger partial charge in [0.05, 0.1) is 19.1 Å². The Morgan fingerprint density at radius 3 is 2.16 bits per heavy atom. The van der Waals surface area contributed by atoms with E-state index in [1.165, 1.54) is 0 Å². The Morgan fingerprint density at radius 1 is 1.26 bits per heavy atom. The van der Waals surface area contributed by atoms with Crippen LogP contribution in [0.25, 0.3) is 0 Å². The first-order valence-corrected chi connectivity index (χ1v) is 5.56. The second-order valence-electron chi connectivity index (χ2n) is 3.57. The van der Waals surface area contributed by atoms with Gasteiger partial charge in [-0.3, -0.25) is 9.59 Å². The average molecular weight is 270 g/mol. The number of para-hydroxylation sites is 1. The zero-order valence-corrected chi connectivity index (χ0v) is 10.3. The Hall–Kier alpha value is -2.12. The molecule has 7 nitrogen and oxygen atoms in total. The fraction of sp³-hybridized carbons (Fsp3) is 0.333. The van der Waals surface area contributed by atoms with Gasteiger partial charge in [0.15, 0.2) is 0 Å². The van der Waals surface area contributed by atoms with E-state index in [9.17, 15) is 9.59 Å². The molecule has 0 aliphatic heterocycles. The number of carboxylic acids is 1. The number of benzene rings is 1. The number of phenols is 1. The van der Waals surface area contributed by atoms with Crippen molar-refractivity contribution in [3.05, 3.63) is 30.3 Å². The monoisotopic (exact) mass is 270 g/mol. The lowest BCUT2D eigenvalue weighted by atomic mass is 10.2. The Balaban J connectivity index is 0.000000388. The molecule has 0 saturated carbocycles. The molecule has 1 aromatic rings. The summed E-state index contributed by atoms with van der Waals surface area (Å²) in [5.41, 5.74) is 4.88. The van der Waals surface area contributed by atoms with Crippen molar-refractivity contribution in [3.8, 4) is 5.75 Å². The van der Waals surface area contributed by atoms with Crippen molar-refractivity contribution in [2.75, 3.05) is 13.2 Å². The van der Waals surface area contributed by atoms with Gasteiger partial charge in [-0.2, -0.15) is 0 Å². The van der Waals surface area contributed by atoms with E-state index >= 15 is 0 Å². The molecule has 0 bridgehead atoms. The molecule has 1 rings (SSSR count). The Bertz CT molecular complexity index is 383. The number of amides is 1. The smallest absolute Gasteiger partial charge is 0.305 e. The van der Waals surface area contributed by atoms with E-state index in [-0.39, 0.29) is 19.6 Å². The molecule has 7 heteroatoms. The van der Waals surface area contributed by atoms with E-state index in [4.69, 9.17) is 21.1 Å². The van der Waals surface area contributed by atoms with Crippen LogP contribution in [0.5, 0.6) is 5.75 Å². The normalized spacial score (nSPS) is 11.0. The molecule has 0 aliphatic rings. The van der Waals surface area contributed by atoms with Crippen LogP contribution in [0.3, 0.4) is 0 Å². The van der Waals surface area contributed by atoms with E-state index in [1.807, 2.05) is 6.07 Å². The van der Waals surface area contributed by atoms with Crippen LogP contribution in [0, 0.1) is 0 Å². The number of carbonyl (C=O) groups is 2.